The second-order valence-electron chi connectivity index (χ2n) is 7.67. The molecule has 0 bridgehead atoms. The number of H-pyrrole nitrogens is 1. The molecule has 170 valence electrons. The normalized spacial score (nSPS) is 15.5. The summed E-state index contributed by atoms with van der Waals surface area (Å²) in [6.45, 7) is 0.415. The van der Waals surface area contributed by atoms with E-state index >= 15 is 0 Å². The number of amides is 1. The van der Waals surface area contributed by atoms with Crippen molar-refractivity contribution in [2.45, 2.75) is 12.5 Å². The van der Waals surface area contributed by atoms with Crippen molar-refractivity contribution in [1.82, 2.24) is 39.7 Å². The Hall–Kier alpha value is -4.25. The topological polar surface area (TPSA) is 127 Å². The molecule has 0 radical (unpaired) electrons. The van der Waals surface area contributed by atoms with Crippen LogP contribution >= 0.6 is 11.6 Å². The van der Waals surface area contributed by atoms with E-state index in [0.717, 1.165) is 16.9 Å². The van der Waals surface area contributed by atoms with Crippen molar-refractivity contribution in [3.05, 3.63) is 77.0 Å². The molecule has 5 aromatic rings. The van der Waals surface area contributed by atoms with Crippen LogP contribution in [-0.4, -0.2) is 59.2 Å². The van der Waals surface area contributed by atoms with E-state index in [4.69, 9.17) is 20.8 Å². The maximum absolute atomic E-state index is 13.5. The van der Waals surface area contributed by atoms with Gasteiger partial charge >= 0.3 is 11.8 Å². The average Bonchev–Trinajstić information content (AvgIpc) is 3.62. The molecule has 11 nitrogen and oxygen atoms in total. The molecule has 0 saturated carbocycles. The van der Waals surface area contributed by atoms with Crippen LogP contribution in [0, 0.1) is 0 Å². The van der Waals surface area contributed by atoms with Gasteiger partial charge in [-0.15, -0.1) is 10.2 Å². The summed E-state index contributed by atoms with van der Waals surface area (Å²) >= 11 is 6.35. The molecule has 0 spiro atoms. The van der Waals surface area contributed by atoms with Crippen molar-refractivity contribution in [2.75, 3.05) is 13.7 Å². The number of imidazole rings is 1. The highest BCUT2D eigenvalue weighted by Crippen LogP contribution is 2.35. The number of halogens is 1. The second-order valence-corrected chi connectivity index (χ2v) is 8.08. The van der Waals surface area contributed by atoms with Crippen LogP contribution in [0.4, 0.5) is 0 Å². The molecule has 0 aliphatic carbocycles. The van der Waals surface area contributed by atoms with Crippen molar-refractivity contribution in [3.63, 3.8) is 0 Å². The fraction of sp³-hybridized carbons (Fsp3) is 0.182. The zero-order valence-corrected chi connectivity index (χ0v) is 18.6. The number of methoxy groups -OCH3 is 1. The molecule has 12 heteroatoms. The highest BCUT2D eigenvalue weighted by Gasteiger charge is 2.38. The lowest BCUT2D eigenvalue weighted by Crippen LogP contribution is -2.41. The van der Waals surface area contributed by atoms with E-state index in [9.17, 15) is 4.79 Å². The monoisotopic (exact) mass is 476 g/mol. The van der Waals surface area contributed by atoms with Gasteiger partial charge in [0.25, 0.3) is 5.89 Å². The van der Waals surface area contributed by atoms with Gasteiger partial charge in [0, 0.05) is 24.9 Å². The third-order valence-electron chi connectivity index (χ3n) is 5.73. The number of carbonyl (C=O) groups is 1. The molecule has 5 aromatic heterocycles. The lowest BCUT2D eigenvalue weighted by atomic mass is 9.99. The fourth-order valence-electron chi connectivity index (χ4n) is 4.09. The first kappa shape index (κ1) is 20.4. The van der Waals surface area contributed by atoms with E-state index in [2.05, 4.69) is 30.2 Å². The van der Waals surface area contributed by atoms with Gasteiger partial charge in [0.05, 0.1) is 41.6 Å². The van der Waals surface area contributed by atoms with Crippen LogP contribution < -0.4 is 4.74 Å². The third-order valence-corrected chi connectivity index (χ3v) is 6.05. The third kappa shape index (κ3) is 3.28. The second kappa shape index (κ2) is 7.96. The Morgan fingerprint density at radius 3 is 2.97 bits per heavy atom. The fourth-order valence-corrected chi connectivity index (χ4v) is 4.31. The Balaban J connectivity index is 1.37. The van der Waals surface area contributed by atoms with E-state index in [1.54, 1.807) is 47.2 Å². The van der Waals surface area contributed by atoms with Crippen LogP contribution in [0.5, 0.6) is 5.75 Å². The van der Waals surface area contributed by atoms with Gasteiger partial charge in [0.1, 0.15) is 17.5 Å². The summed E-state index contributed by atoms with van der Waals surface area (Å²) in [5.74, 6) is 0.171. The Labute approximate surface area is 197 Å². The van der Waals surface area contributed by atoms with E-state index < -0.39 is 11.9 Å². The minimum absolute atomic E-state index is 0.138. The number of rotatable bonds is 4. The number of aromatic amines is 1. The molecule has 1 amide bonds. The zero-order valence-electron chi connectivity index (χ0n) is 17.8. The van der Waals surface area contributed by atoms with E-state index in [0.29, 0.717) is 35.1 Å². The first-order chi connectivity index (χ1) is 16.6. The zero-order chi connectivity index (χ0) is 23.2. The van der Waals surface area contributed by atoms with Gasteiger partial charge in [-0.05, 0) is 30.3 Å². The number of carbonyl (C=O) groups excluding carboxylic acids is 1. The molecule has 6 heterocycles. The van der Waals surface area contributed by atoms with E-state index in [-0.39, 0.29) is 11.8 Å². The largest absolute Gasteiger partial charge is 0.495 e. The summed E-state index contributed by atoms with van der Waals surface area (Å²) in [4.78, 5) is 27.0. The summed E-state index contributed by atoms with van der Waals surface area (Å²) in [5.41, 5.74) is 3.47. The smallest absolute Gasteiger partial charge is 0.312 e. The van der Waals surface area contributed by atoms with Crippen molar-refractivity contribution in [3.8, 4) is 17.3 Å². The number of hydrogen-bond acceptors (Lipinski definition) is 8. The Morgan fingerprint density at radius 1 is 1.26 bits per heavy atom. The summed E-state index contributed by atoms with van der Waals surface area (Å²) in [6.07, 6.45) is 5.56. The van der Waals surface area contributed by atoms with Crippen molar-refractivity contribution < 1.29 is 13.9 Å². The molecule has 1 atom stereocenters. The number of ether oxygens (including phenoxy) is 1. The van der Waals surface area contributed by atoms with Crippen molar-refractivity contribution >= 4 is 23.0 Å². The molecule has 1 aliphatic heterocycles. The average molecular weight is 477 g/mol. The first-order valence-corrected chi connectivity index (χ1v) is 10.8. The van der Waals surface area contributed by atoms with Crippen molar-refractivity contribution in [1.29, 1.82) is 0 Å². The SMILES string of the molecule is COc1ccc(-c2nnc(C(=O)N3CCc4[nH]cnc4C3c3cc4c(Cl)cccn4n3)o2)nc1. The first-order valence-electron chi connectivity index (χ1n) is 10.4. The molecule has 1 aliphatic rings. The molecule has 34 heavy (non-hydrogen) atoms. The minimum atomic E-state index is -0.548. The molecule has 0 aromatic carbocycles. The lowest BCUT2D eigenvalue weighted by molar-refractivity contribution is 0.0646. The highest BCUT2D eigenvalue weighted by molar-refractivity contribution is 6.33. The molecule has 0 fully saturated rings. The van der Waals surface area contributed by atoms with Gasteiger partial charge in [-0.2, -0.15) is 5.10 Å². The van der Waals surface area contributed by atoms with Crippen LogP contribution in [0.1, 0.15) is 33.8 Å². The van der Waals surface area contributed by atoms with Crippen LogP contribution in [0.2, 0.25) is 5.02 Å². The summed E-state index contributed by atoms with van der Waals surface area (Å²) in [6, 6.07) is 8.32. The lowest BCUT2D eigenvalue weighted by Gasteiger charge is -2.32. The summed E-state index contributed by atoms with van der Waals surface area (Å²) in [7, 11) is 1.55. The van der Waals surface area contributed by atoms with Crippen LogP contribution in [0.15, 0.2) is 53.5 Å². The number of nitrogens with one attached hydrogen (secondary N) is 1. The minimum Gasteiger partial charge on any atom is -0.495 e. The molecular formula is C22H17ClN8O3. The van der Waals surface area contributed by atoms with Gasteiger partial charge in [0.15, 0.2) is 0 Å². The highest BCUT2D eigenvalue weighted by atomic mass is 35.5. The number of hydrogen-bond donors (Lipinski definition) is 1. The van der Waals surface area contributed by atoms with E-state index in [1.165, 1.54) is 6.20 Å². The molecular weight excluding hydrogens is 460 g/mol. The van der Waals surface area contributed by atoms with Gasteiger partial charge in [-0.25, -0.2) is 14.5 Å². The van der Waals surface area contributed by atoms with Gasteiger partial charge < -0.3 is 19.0 Å². The quantitative estimate of drug-likeness (QED) is 0.419. The predicted molar refractivity (Wildman–Crippen MR) is 119 cm³/mol. The number of nitrogens with zero attached hydrogens (tertiary/aromatic N) is 7. The summed E-state index contributed by atoms with van der Waals surface area (Å²) in [5, 5.41) is 13.2. The number of fused-ring (bicyclic) bond motifs is 2. The van der Waals surface area contributed by atoms with Crippen LogP contribution in [0.25, 0.3) is 17.1 Å². The van der Waals surface area contributed by atoms with Crippen molar-refractivity contribution in [2.24, 2.45) is 0 Å². The number of pyridine rings is 2. The van der Waals surface area contributed by atoms with Crippen LogP contribution in [-0.2, 0) is 6.42 Å². The predicted octanol–water partition coefficient (Wildman–Crippen LogP) is 2.95. The molecule has 0 saturated heterocycles. The van der Waals surface area contributed by atoms with Gasteiger partial charge in [0.2, 0.25) is 0 Å². The molecule has 1 unspecified atom stereocenters. The summed E-state index contributed by atoms with van der Waals surface area (Å²) < 4.78 is 12.5. The van der Waals surface area contributed by atoms with Crippen LogP contribution in [0.3, 0.4) is 0 Å². The molecule has 6 rings (SSSR count). The maximum Gasteiger partial charge on any atom is 0.312 e. The van der Waals surface area contributed by atoms with Gasteiger partial charge in [-0.3, -0.25) is 4.79 Å². The van der Waals surface area contributed by atoms with E-state index in [1.807, 2.05) is 12.1 Å². The Bertz CT molecular complexity index is 1510. The number of aromatic nitrogens is 7. The maximum atomic E-state index is 13.5. The van der Waals surface area contributed by atoms with Gasteiger partial charge in [-0.1, -0.05) is 11.6 Å². The Kier molecular flexibility index (Phi) is 4.77. The molecule has 1 N–H and O–H groups in total. The standard InChI is InChI=1S/C22H17ClN8O3/c1-33-12-4-5-15(24-10-12)20-27-28-21(34-20)22(32)30-8-6-14-18(26-11-25-14)19(30)16-9-17-13(23)3-2-7-31(17)29-16/h2-5,7,9-11,19H,6,8H2,1H3,(H,25,26). The Morgan fingerprint density at radius 2 is 2.18 bits per heavy atom.